The molecule has 2 heterocycles. The third-order valence-corrected chi connectivity index (χ3v) is 9.11. The predicted octanol–water partition coefficient (Wildman–Crippen LogP) is 4.24. The van der Waals surface area contributed by atoms with Gasteiger partial charge >= 0.3 is 6.09 Å². The molecule has 3 aromatic rings. The lowest BCUT2D eigenvalue weighted by Gasteiger charge is -2.33. The summed E-state index contributed by atoms with van der Waals surface area (Å²) < 4.78 is 5.45. The minimum absolute atomic E-state index is 0.142. The van der Waals surface area contributed by atoms with E-state index in [4.69, 9.17) is 10.5 Å². The van der Waals surface area contributed by atoms with Gasteiger partial charge in [-0.25, -0.2) is 4.79 Å². The Morgan fingerprint density at radius 1 is 0.833 bits per heavy atom. The fourth-order valence-corrected chi connectivity index (χ4v) is 6.78. The molecule has 0 saturated carbocycles. The molecule has 4 amide bonds. The monoisotopic (exact) mass is 653 g/mol. The van der Waals surface area contributed by atoms with Crippen LogP contribution in [-0.2, 0) is 25.5 Å². The van der Waals surface area contributed by atoms with Gasteiger partial charge < -0.3 is 31.3 Å². The first-order valence-corrected chi connectivity index (χ1v) is 16.8. The number of nitrogens with one attached hydrogen (secondary N) is 3. The number of hydrogen-bond donors (Lipinski definition) is 4. The van der Waals surface area contributed by atoms with Gasteiger partial charge in [0.15, 0.2) is 0 Å². The molecule has 0 aliphatic carbocycles. The van der Waals surface area contributed by atoms with Crippen molar-refractivity contribution < 1.29 is 23.9 Å². The number of hydrogen-bond acceptors (Lipinski definition) is 6. The highest BCUT2D eigenvalue weighted by molar-refractivity contribution is 5.95. The first-order chi connectivity index (χ1) is 23.0. The Balaban J connectivity index is 1.37. The largest absolute Gasteiger partial charge is 0.444 e. The third kappa shape index (κ3) is 8.60. The zero-order valence-corrected chi connectivity index (χ0v) is 27.9. The second-order valence-electron chi connectivity index (χ2n) is 13.7. The second-order valence-corrected chi connectivity index (χ2v) is 13.7. The summed E-state index contributed by atoms with van der Waals surface area (Å²) in [7, 11) is 0. The molecule has 3 aromatic carbocycles. The first kappa shape index (κ1) is 34.6. The highest BCUT2D eigenvalue weighted by atomic mass is 16.6. The van der Waals surface area contributed by atoms with E-state index in [-0.39, 0.29) is 36.7 Å². The summed E-state index contributed by atoms with van der Waals surface area (Å²) in [4.78, 5) is 56.9. The van der Waals surface area contributed by atoms with Crippen LogP contribution in [0.5, 0.6) is 0 Å². The SMILES string of the molecule is CC(C)(C)OC(=O)NC(Cc1ccccc1)C(=O)N[C@@H]1C(=O)N2[C@@H](CC[C@@H]1CN)CC[C@H]2C(=O)NC(c1ccccc1)c1ccccc1. The van der Waals surface area contributed by atoms with E-state index in [1.165, 1.54) is 0 Å². The molecule has 2 aliphatic heterocycles. The molecule has 0 bridgehead atoms. The van der Waals surface area contributed by atoms with Gasteiger partial charge in [0.2, 0.25) is 17.7 Å². The van der Waals surface area contributed by atoms with Crippen molar-refractivity contribution in [2.45, 2.75) is 88.7 Å². The van der Waals surface area contributed by atoms with Gasteiger partial charge in [-0.15, -0.1) is 0 Å². The Hall–Kier alpha value is -4.70. The minimum Gasteiger partial charge on any atom is -0.444 e. The number of carbonyl (C=O) groups is 4. The Bertz CT molecular complexity index is 1510. The van der Waals surface area contributed by atoms with Crippen molar-refractivity contribution in [1.82, 2.24) is 20.9 Å². The Labute approximate surface area is 282 Å². The summed E-state index contributed by atoms with van der Waals surface area (Å²) in [6.07, 6.45) is 1.95. The van der Waals surface area contributed by atoms with Gasteiger partial charge in [-0.05, 0) is 69.7 Å². The third-order valence-electron chi connectivity index (χ3n) is 9.11. The molecule has 2 aliphatic rings. The molecule has 5 N–H and O–H groups in total. The molecule has 5 atom stereocenters. The molecule has 10 nitrogen and oxygen atoms in total. The van der Waals surface area contributed by atoms with Crippen LogP contribution in [0.1, 0.15) is 69.2 Å². The number of amides is 4. The van der Waals surface area contributed by atoms with Crippen LogP contribution in [0.4, 0.5) is 4.79 Å². The average Bonchev–Trinajstić information content (AvgIpc) is 3.45. The van der Waals surface area contributed by atoms with E-state index in [1.54, 1.807) is 25.7 Å². The van der Waals surface area contributed by atoms with Crippen molar-refractivity contribution in [3.63, 3.8) is 0 Å². The number of rotatable bonds is 10. The number of nitrogens with two attached hydrogens (primary N) is 1. The Morgan fingerprint density at radius 2 is 1.40 bits per heavy atom. The molecule has 0 radical (unpaired) electrons. The van der Waals surface area contributed by atoms with E-state index in [0.717, 1.165) is 16.7 Å². The molecule has 2 saturated heterocycles. The van der Waals surface area contributed by atoms with Gasteiger partial charge in [-0.3, -0.25) is 14.4 Å². The van der Waals surface area contributed by atoms with E-state index in [2.05, 4.69) is 16.0 Å². The summed E-state index contributed by atoms with van der Waals surface area (Å²) in [5.74, 6) is -1.43. The molecule has 10 heteroatoms. The van der Waals surface area contributed by atoms with Crippen molar-refractivity contribution in [3.05, 3.63) is 108 Å². The van der Waals surface area contributed by atoms with Crippen molar-refractivity contribution in [2.24, 2.45) is 11.7 Å². The lowest BCUT2D eigenvalue weighted by Crippen LogP contribution is -2.60. The molecule has 1 unspecified atom stereocenters. The lowest BCUT2D eigenvalue weighted by atomic mass is 9.93. The maximum absolute atomic E-state index is 14.4. The summed E-state index contributed by atoms with van der Waals surface area (Å²) >= 11 is 0. The van der Waals surface area contributed by atoms with E-state index in [9.17, 15) is 19.2 Å². The van der Waals surface area contributed by atoms with Crippen LogP contribution >= 0.6 is 0 Å². The molecule has 0 aromatic heterocycles. The van der Waals surface area contributed by atoms with Gasteiger partial charge in [0.1, 0.15) is 23.7 Å². The predicted molar refractivity (Wildman–Crippen MR) is 184 cm³/mol. The van der Waals surface area contributed by atoms with E-state index < -0.39 is 41.8 Å². The Kier molecular flexibility index (Phi) is 11.2. The van der Waals surface area contributed by atoms with Crippen LogP contribution < -0.4 is 21.7 Å². The van der Waals surface area contributed by atoms with Crippen LogP contribution in [0, 0.1) is 5.92 Å². The number of fused-ring (bicyclic) bond motifs is 1. The second kappa shape index (κ2) is 15.5. The van der Waals surface area contributed by atoms with Crippen molar-refractivity contribution in [1.29, 1.82) is 0 Å². The quantitative estimate of drug-likeness (QED) is 0.258. The number of benzene rings is 3. The molecule has 254 valence electrons. The zero-order chi connectivity index (χ0) is 34.3. The molecule has 0 spiro atoms. The molecule has 48 heavy (non-hydrogen) atoms. The summed E-state index contributed by atoms with van der Waals surface area (Å²) in [6.45, 7) is 5.42. The number of ether oxygens (including phenoxy) is 1. The van der Waals surface area contributed by atoms with Gasteiger partial charge in [-0.2, -0.15) is 0 Å². The van der Waals surface area contributed by atoms with Gasteiger partial charge in [0.05, 0.1) is 6.04 Å². The summed E-state index contributed by atoms with van der Waals surface area (Å²) in [5, 5.41) is 8.88. The summed E-state index contributed by atoms with van der Waals surface area (Å²) in [6, 6.07) is 25.6. The minimum atomic E-state index is -1.01. The van der Waals surface area contributed by atoms with Crippen molar-refractivity contribution in [3.8, 4) is 0 Å². The fraction of sp³-hybridized carbons (Fsp3) is 0.421. The molecular weight excluding hydrogens is 606 g/mol. The topological polar surface area (TPSA) is 143 Å². The van der Waals surface area contributed by atoms with Crippen LogP contribution in [-0.4, -0.2) is 65.0 Å². The normalized spacial score (nSPS) is 21.5. The smallest absolute Gasteiger partial charge is 0.408 e. The highest BCUT2D eigenvalue weighted by Gasteiger charge is 2.48. The van der Waals surface area contributed by atoms with Gasteiger partial charge in [-0.1, -0.05) is 91.0 Å². The van der Waals surface area contributed by atoms with E-state index in [0.29, 0.717) is 25.7 Å². The van der Waals surface area contributed by atoms with Crippen molar-refractivity contribution in [2.75, 3.05) is 6.54 Å². The number of alkyl carbamates (subject to hydrolysis) is 1. The van der Waals surface area contributed by atoms with E-state index in [1.807, 2.05) is 91.0 Å². The summed E-state index contributed by atoms with van der Waals surface area (Å²) in [5.41, 5.74) is 8.14. The maximum atomic E-state index is 14.4. The van der Waals surface area contributed by atoms with Crippen LogP contribution in [0.25, 0.3) is 0 Å². The number of nitrogens with zero attached hydrogens (tertiary/aromatic N) is 1. The highest BCUT2D eigenvalue weighted by Crippen LogP contribution is 2.34. The first-order valence-electron chi connectivity index (χ1n) is 16.8. The van der Waals surface area contributed by atoms with Gasteiger partial charge in [0.25, 0.3) is 0 Å². The van der Waals surface area contributed by atoms with Crippen LogP contribution in [0.2, 0.25) is 0 Å². The van der Waals surface area contributed by atoms with Crippen molar-refractivity contribution >= 4 is 23.8 Å². The van der Waals surface area contributed by atoms with E-state index >= 15 is 0 Å². The van der Waals surface area contributed by atoms with Crippen LogP contribution in [0.15, 0.2) is 91.0 Å². The maximum Gasteiger partial charge on any atom is 0.408 e. The zero-order valence-electron chi connectivity index (χ0n) is 27.9. The van der Waals surface area contributed by atoms with Crippen LogP contribution in [0.3, 0.4) is 0 Å². The lowest BCUT2D eigenvalue weighted by molar-refractivity contribution is -0.143. The molecular formula is C38H47N5O5. The fourth-order valence-electron chi connectivity index (χ4n) is 6.78. The molecule has 2 fully saturated rings. The van der Waals surface area contributed by atoms with Gasteiger partial charge in [0, 0.05) is 18.4 Å². The number of carbonyl (C=O) groups excluding carboxylic acids is 4. The standard InChI is InChI=1S/C38H47N5O5/c1-38(2,3)48-37(47)40-30(23-25-13-7-4-8-14-25)34(44)42-33-28(24-39)19-20-29-21-22-31(43(29)36(33)46)35(45)41-32(26-15-9-5-10-16-26)27-17-11-6-12-18-27/h4-18,28-33H,19-24,39H2,1-3H3,(H,40,47)(H,41,45)(H,42,44)/t28-,29+,30?,31+,33+/m1/s1. The molecule has 5 rings (SSSR count). The Morgan fingerprint density at radius 3 is 1.96 bits per heavy atom. The average molecular weight is 654 g/mol.